The summed E-state index contributed by atoms with van der Waals surface area (Å²) in [4.78, 5) is 0.243. The monoisotopic (exact) mass is 338 g/mol. The van der Waals surface area contributed by atoms with Crippen LogP contribution in [0.2, 0.25) is 0 Å². The van der Waals surface area contributed by atoms with E-state index >= 15 is 0 Å². The van der Waals surface area contributed by atoms with Gasteiger partial charge in [0.1, 0.15) is 0 Å². The van der Waals surface area contributed by atoms with Crippen LogP contribution < -0.4 is 19.5 Å². The van der Waals surface area contributed by atoms with Crippen LogP contribution in [0.4, 0.5) is 0 Å². The van der Waals surface area contributed by atoms with Crippen molar-refractivity contribution >= 4 is 10.0 Å². The molecule has 2 bridgehead atoms. The van der Waals surface area contributed by atoms with Crippen molar-refractivity contribution in [3.63, 3.8) is 0 Å². The molecule has 3 aliphatic rings. The van der Waals surface area contributed by atoms with E-state index < -0.39 is 10.0 Å². The summed E-state index contributed by atoms with van der Waals surface area (Å²) < 4.78 is 39.4. The SMILES string of the molecule is O=S(=O)(NC1CC2CCC(C1)N2)c1ccc2c(c1)OCCCO2. The molecule has 0 aliphatic carbocycles. The van der Waals surface area contributed by atoms with Crippen LogP contribution in [0.1, 0.15) is 32.1 Å². The van der Waals surface area contributed by atoms with Crippen molar-refractivity contribution in [2.45, 2.75) is 55.1 Å². The lowest BCUT2D eigenvalue weighted by atomic mass is 10.0. The molecular weight excluding hydrogens is 316 g/mol. The third-order valence-electron chi connectivity index (χ3n) is 4.82. The Labute approximate surface area is 136 Å². The van der Waals surface area contributed by atoms with Crippen LogP contribution in [0.15, 0.2) is 23.1 Å². The van der Waals surface area contributed by atoms with E-state index in [1.54, 1.807) is 18.2 Å². The number of rotatable bonds is 3. The first kappa shape index (κ1) is 15.2. The van der Waals surface area contributed by atoms with Crippen LogP contribution in [0.3, 0.4) is 0 Å². The van der Waals surface area contributed by atoms with Gasteiger partial charge in [-0.3, -0.25) is 0 Å². The number of piperidine rings is 1. The van der Waals surface area contributed by atoms with Gasteiger partial charge < -0.3 is 14.8 Å². The maximum absolute atomic E-state index is 12.7. The molecule has 2 atom stereocenters. The zero-order chi connectivity index (χ0) is 15.9. The summed E-state index contributed by atoms with van der Waals surface area (Å²) in [5.41, 5.74) is 0. The molecule has 3 heterocycles. The van der Waals surface area contributed by atoms with Crippen LogP contribution in [-0.4, -0.2) is 39.8 Å². The number of ether oxygens (including phenoxy) is 2. The lowest BCUT2D eigenvalue weighted by Gasteiger charge is -2.29. The van der Waals surface area contributed by atoms with Gasteiger partial charge in [-0.15, -0.1) is 0 Å². The Morgan fingerprint density at radius 1 is 1.04 bits per heavy atom. The van der Waals surface area contributed by atoms with Gasteiger partial charge >= 0.3 is 0 Å². The number of hydrogen-bond acceptors (Lipinski definition) is 5. The Morgan fingerprint density at radius 3 is 2.48 bits per heavy atom. The van der Waals surface area contributed by atoms with Gasteiger partial charge in [0.15, 0.2) is 11.5 Å². The fraction of sp³-hybridized carbons (Fsp3) is 0.625. The first-order valence-electron chi connectivity index (χ1n) is 8.28. The zero-order valence-corrected chi connectivity index (χ0v) is 13.8. The topological polar surface area (TPSA) is 76.7 Å². The second-order valence-electron chi connectivity index (χ2n) is 6.59. The fourth-order valence-electron chi connectivity index (χ4n) is 3.75. The molecule has 0 spiro atoms. The van der Waals surface area contributed by atoms with Gasteiger partial charge in [0, 0.05) is 30.6 Å². The largest absolute Gasteiger partial charge is 0.490 e. The zero-order valence-electron chi connectivity index (χ0n) is 13.0. The standard InChI is InChI=1S/C16H22N2O4S/c19-23(20,18-13-8-11-2-3-12(9-13)17-11)14-4-5-15-16(10-14)22-7-1-6-21-15/h4-5,10-13,17-18H,1-3,6-9H2. The molecule has 6 nitrogen and oxygen atoms in total. The number of nitrogens with one attached hydrogen (secondary N) is 2. The highest BCUT2D eigenvalue weighted by Gasteiger charge is 2.35. The molecule has 0 aromatic heterocycles. The fourth-order valence-corrected chi connectivity index (χ4v) is 5.03. The predicted octanol–water partition coefficient (Wildman–Crippen LogP) is 1.41. The summed E-state index contributed by atoms with van der Waals surface area (Å²) in [6.45, 7) is 1.14. The molecule has 0 amide bonds. The normalized spacial score (nSPS) is 30.0. The summed E-state index contributed by atoms with van der Waals surface area (Å²) >= 11 is 0. The van der Waals surface area contributed by atoms with Gasteiger partial charge in [-0.1, -0.05) is 0 Å². The van der Waals surface area contributed by atoms with Crippen LogP contribution in [0, 0.1) is 0 Å². The molecule has 4 rings (SSSR count). The molecule has 2 unspecified atom stereocenters. The number of sulfonamides is 1. The summed E-state index contributed by atoms with van der Waals surface area (Å²) in [6, 6.07) is 5.75. The highest BCUT2D eigenvalue weighted by molar-refractivity contribution is 7.89. The second-order valence-corrected chi connectivity index (χ2v) is 8.30. The molecule has 2 fully saturated rings. The van der Waals surface area contributed by atoms with E-state index in [0.717, 1.165) is 32.1 Å². The van der Waals surface area contributed by atoms with Gasteiger partial charge in [0.25, 0.3) is 0 Å². The van der Waals surface area contributed by atoms with Gasteiger partial charge in [-0.05, 0) is 37.8 Å². The molecule has 2 saturated heterocycles. The minimum atomic E-state index is -3.54. The molecule has 0 saturated carbocycles. The average Bonchev–Trinajstić information content (AvgIpc) is 2.73. The minimum Gasteiger partial charge on any atom is -0.490 e. The summed E-state index contributed by atoms with van der Waals surface area (Å²) in [7, 11) is -3.54. The molecule has 1 aromatic rings. The van der Waals surface area contributed by atoms with Gasteiger partial charge in [-0.2, -0.15) is 0 Å². The lowest BCUT2D eigenvalue weighted by molar-refractivity contribution is 0.297. The molecule has 126 valence electrons. The summed E-state index contributed by atoms with van der Waals surface area (Å²) in [5.74, 6) is 1.12. The Balaban J connectivity index is 1.53. The molecule has 3 aliphatic heterocycles. The van der Waals surface area contributed by atoms with Crippen molar-refractivity contribution in [1.82, 2.24) is 10.0 Å². The van der Waals surface area contributed by atoms with E-state index in [1.807, 2.05) is 0 Å². The average molecular weight is 338 g/mol. The van der Waals surface area contributed by atoms with Crippen molar-refractivity contribution in [3.8, 4) is 11.5 Å². The van der Waals surface area contributed by atoms with Gasteiger partial charge in [-0.25, -0.2) is 13.1 Å². The molecular formula is C16H22N2O4S. The first-order chi connectivity index (χ1) is 11.1. The Morgan fingerprint density at radius 2 is 1.74 bits per heavy atom. The maximum atomic E-state index is 12.7. The summed E-state index contributed by atoms with van der Waals surface area (Å²) in [5, 5.41) is 3.52. The third kappa shape index (κ3) is 3.18. The Kier molecular flexibility index (Phi) is 3.95. The molecule has 0 radical (unpaired) electrons. The van der Waals surface area contributed by atoms with Gasteiger partial charge in [0.2, 0.25) is 10.0 Å². The first-order valence-corrected chi connectivity index (χ1v) is 9.76. The molecule has 7 heteroatoms. The van der Waals surface area contributed by atoms with Crippen molar-refractivity contribution in [2.24, 2.45) is 0 Å². The predicted molar refractivity (Wildman–Crippen MR) is 85.3 cm³/mol. The molecule has 23 heavy (non-hydrogen) atoms. The van der Waals surface area contributed by atoms with E-state index in [-0.39, 0.29) is 10.9 Å². The maximum Gasteiger partial charge on any atom is 0.240 e. The van der Waals surface area contributed by atoms with Crippen LogP contribution in [-0.2, 0) is 10.0 Å². The van der Waals surface area contributed by atoms with Crippen molar-refractivity contribution in [3.05, 3.63) is 18.2 Å². The minimum absolute atomic E-state index is 0.00901. The van der Waals surface area contributed by atoms with Crippen LogP contribution in [0.25, 0.3) is 0 Å². The van der Waals surface area contributed by atoms with Crippen molar-refractivity contribution in [2.75, 3.05) is 13.2 Å². The summed E-state index contributed by atoms with van der Waals surface area (Å²) in [6.07, 6.45) is 4.81. The van der Waals surface area contributed by atoms with Crippen molar-refractivity contribution < 1.29 is 17.9 Å². The van der Waals surface area contributed by atoms with Gasteiger partial charge in [0.05, 0.1) is 18.1 Å². The van der Waals surface area contributed by atoms with E-state index in [1.165, 1.54) is 0 Å². The molecule has 2 N–H and O–H groups in total. The highest BCUT2D eigenvalue weighted by Crippen LogP contribution is 2.33. The Bertz CT molecular complexity index is 679. The third-order valence-corrected chi connectivity index (χ3v) is 6.34. The number of fused-ring (bicyclic) bond motifs is 3. The number of benzene rings is 1. The van der Waals surface area contributed by atoms with Crippen LogP contribution >= 0.6 is 0 Å². The molecule has 1 aromatic carbocycles. The van der Waals surface area contributed by atoms with Crippen LogP contribution in [0.5, 0.6) is 11.5 Å². The van der Waals surface area contributed by atoms with E-state index in [2.05, 4.69) is 10.0 Å². The number of hydrogen-bond donors (Lipinski definition) is 2. The van der Waals surface area contributed by atoms with Crippen molar-refractivity contribution in [1.29, 1.82) is 0 Å². The quantitative estimate of drug-likeness (QED) is 0.871. The second kappa shape index (κ2) is 5.96. The smallest absolute Gasteiger partial charge is 0.240 e. The lowest BCUT2D eigenvalue weighted by Crippen LogP contribution is -2.47. The van der Waals surface area contributed by atoms with E-state index in [0.29, 0.717) is 36.8 Å². The highest BCUT2D eigenvalue weighted by atomic mass is 32.2. The van der Waals surface area contributed by atoms with E-state index in [4.69, 9.17) is 9.47 Å². The van der Waals surface area contributed by atoms with E-state index in [9.17, 15) is 8.42 Å². The Hall–Kier alpha value is -1.31.